The average molecular weight is 340 g/mol. The van der Waals surface area contributed by atoms with Crippen LogP contribution in [0.4, 0.5) is 0 Å². The second kappa shape index (κ2) is 9.68. The van der Waals surface area contributed by atoms with E-state index in [1.54, 1.807) is 0 Å². The van der Waals surface area contributed by atoms with Crippen molar-refractivity contribution in [3.05, 3.63) is 71.8 Å². The topological polar surface area (TPSA) is 35.9 Å². The standard InChI is InChI=1S/C21H28N2O2/c24-14-13-23-12-11-22(15-19-7-3-1-4-8-19)16-21(23)18-25-17-20-9-5-2-6-10-20/h1-10,21,24H,11-18H2. The number of rotatable bonds is 8. The second-order valence-corrected chi connectivity index (χ2v) is 6.63. The highest BCUT2D eigenvalue weighted by Crippen LogP contribution is 2.14. The average Bonchev–Trinajstić information content (AvgIpc) is 2.66. The van der Waals surface area contributed by atoms with Crippen molar-refractivity contribution in [2.24, 2.45) is 0 Å². The second-order valence-electron chi connectivity index (χ2n) is 6.63. The van der Waals surface area contributed by atoms with Crippen LogP contribution in [0, 0.1) is 0 Å². The Morgan fingerprint density at radius 1 is 0.920 bits per heavy atom. The van der Waals surface area contributed by atoms with Gasteiger partial charge < -0.3 is 9.84 Å². The van der Waals surface area contributed by atoms with Crippen molar-refractivity contribution in [2.45, 2.75) is 19.2 Å². The number of aliphatic hydroxyl groups is 1. The number of hydrogen-bond donors (Lipinski definition) is 1. The van der Waals surface area contributed by atoms with Gasteiger partial charge >= 0.3 is 0 Å². The number of β-amino-alcohol motifs (C(OH)–C–C–N with tert-alkyl or cyclic N) is 1. The third-order valence-corrected chi connectivity index (χ3v) is 4.75. The fourth-order valence-electron chi connectivity index (χ4n) is 3.41. The molecule has 1 fully saturated rings. The van der Waals surface area contributed by atoms with E-state index in [0.29, 0.717) is 19.3 Å². The lowest BCUT2D eigenvalue weighted by Gasteiger charge is -2.41. The lowest BCUT2D eigenvalue weighted by Crippen LogP contribution is -2.55. The molecule has 0 amide bonds. The first kappa shape index (κ1) is 18.1. The predicted molar refractivity (Wildman–Crippen MR) is 100 cm³/mol. The normalized spacial score (nSPS) is 19.2. The molecule has 25 heavy (non-hydrogen) atoms. The van der Waals surface area contributed by atoms with Crippen LogP contribution in [0.25, 0.3) is 0 Å². The molecule has 4 nitrogen and oxygen atoms in total. The van der Waals surface area contributed by atoms with Crippen LogP contribution >= 0.6 is 0 Å². The molecular weight excluding hydrogens is 312 g/mol. The molecule has 3 rings (SSSR count). The predicted octanol–water partition coefficient (Wildman–Crippen LogP) is 2.38. The lowest BCUT2D eigenvalue weighted by molar-refractivity contribution is -0.00403. The monoisotopic (exact) mass is 340 g/mol. The summed E-state index contributed by atoms with van der Waals surface area (Å²) in [5.74, 6) is 0. The Morgan fingerprint density at radius 3 is 2.28 bits per heavy atom. The molecule has 1 aliphatic rings. The molecule has 1 saturated heterocycles. The molecule has 0 spiro atoms. The Morgan fingerprint density at radius 2 is 1.60 bits per heavy atom. The molecule has 2 aromatic rings. The third-order valence-electron chi connectivity index (χ3n) is 4.75. The SMILES string of the molecule is OCCN1CCN(Cc2ccccc2)CC1COCc1ccccc1. The molecular formula is C21H28N2O2. The molecule has 1 heterocycles. The Bertz CT molecular complexity index is 606. The summed E-state index contributed by atoms with van der Waals surface area (Å²) in [5, 5.41) is 9.34. The summed E-state index contributed by atoms with van der Waals surface area (Å²) >= 11 is 0. The van der Waals surface area contributed by atoms with Crippen molar-refractivity contribution < 1.29 is 9.84 Å². The smallest absolute Gasteiger partial charge is 0.0717 e. The number of nitrogens with zero attached hydrogens (tertiary/aromatic N) is 2. The van der Waals surface area contributed by atoms with E-state index in [1.807, 2.05) is 18.2 Å². The molecule has 134 valence electrons. The van der Waals surface area contributed by atoms with Gasteiger partial charge in [-0.25, -0.2) is 0 Å². The maximum absolute atomic E-state index is 9.34. The molecule has 1 N–H and O–H groups in total. The molecule has 0 bridgehead atoms. The minimum atomic E-state index is 0.202. The van der Waals surface area contributed by atoms with Crippen LogP contribution in [0.2, 0.25) is 0 Å². The van der Waals surface area contributed by atoms with Crippen LogP contribution in [0.5, 0.6) is 0 Å². The van der Waals surface area contributed by atoms with Gasteiger partial charge in [-0.2, -0.15) is 0 Å². The molecule has 1 atom stereocenters. The van der Waals surface area contributed by atoms with E-state index in [1.165, 1.54) is 11.1 Å². The third kappa shape index (κ3) is 5.65. The van der Waals surface area contributed by atoms with Crippen LogP contribution < -0.4 is 0 Å². The van der Waals surface area contributed by atoms with Crippen molar-refractivity contribution in [1.82, 2.24) is 9.80 Å². The van der Waals surface area contributed by atoms with Crippen molar-refractivity contribution in [3.8, 4) is 0 Å². The first-order valence-electron chi connectivity index (χ1n) is 9.08. The summed E-state index contributed by atoms with van der Waals surface area (Å²) in [4.78, 5) is 4.84. The fraction of sp³-hybridized carbons (Fsp3) is 0.429. The van der Waals surface area contributed by atoms with Crippen LogP contribution in [-0.2, 0) is 17.9 Å². The summed E-state index contributed by atoms with van der Waals surface area (Å²) in [7, 11) is 0. The Balaban J connectivity index is 1.53. The van der Waals surface area contributed by atoms with E-state index in [0.717, 1.165) is 32.7 Å². The van der Waals surface area contributed by atoms with E-state index in [-0.39, 0.29) is 6.61 Å². The molecule has 1 unspecified atom stereocenters. The number of aliphatic hydroxyl groups excluding tert-OH is 1. The quantitative estimate of drug-likeness (QED) is 0.800. The maximum Gasteiger partial charge on any atom is 0.0717 e. The fourth-order valence-corrected chi connectivity index (χ4v) is 3.41. The van der Waals surface area contributed by atoms with Crippen LogP contribution in [0.1, 0.15) is 11.1 Å². The summed E-state index contributed by atoms with van der Waals surface area (Å²) in [6.45, 7) is 6.22. The van der Waals surface area contributed by atoms with Crippen LogP contribution in [0.15, 0.2) is 60.7 Å². The maximum atomic E-state index is 9.34. The van der Waals surface area contributed by atoms with Crippen LogP contribution in [-0.4, -0.2) is 60.3 Å². The van der Waals surface area contributed by atoms with Crippen molar-refractivity contribution in [1.29, 1.82) is 0 Å². The van der Waals surface area contributed by atoms with Gasteiger partial charge in [0.15, 0.2) is 0 Å². The van der Waals surface area contributed by atoms with Gasteiger partial charge in [0.1, 0.15) is 0 Å². The molecule has 2 aromatic carbocycles. The summed E-state index contributed by atoms with van der Waals surface area (Å²) in [6.07, 6.45) is 0. The lowest BCUT2D eigenvalue weighted by atomic mass is 10.1. The van der Waals surface area contributed by atoms with Gasteiger partial charge in [-0.05, 0) is 11.1 Å². The van der Waals surface area contributed by atoms with Gasteiger partial charge in [-0.1, -0.05) is 60.7 Å². The molecule has 0 saturated carbocycles. The van der Waals surface area contributed by atoms with Gasteiger partial charge in [0, 0.05) is 38.8 Å². The van der Waals surface area contributed by atoms with Crippen molar-refractivity contribution in [3.63, 3.8) is 0 Å². The minimum absolute atomic E-state index is 0.202. The molecule has 0 aromatic heterocycles. The molecule has 4 heteroatoms. The molecule has 0 radical (unpaired) electrons. The number of piperazine rings is 1. The first-order valence-corrected chi connectivity index (χ1v) is 9.08. The zero-order chi connectivity index (χ0) is 17.3. The minimum Gasteiger partial charge on any atom is -0.395 e. The number of hydrogen-bond acceptors (Lipinski definition) is 4. The van der Waals surface area contributed by atoms with Crippen molar-refractivity contribution >= 4 is 0 Å². The highest BCUT2D eigenvalue weighted by atomic mass is 16.5. The highest BCUT2D eigenvalue weighted by molar-refractivity contribution is 5.15. The largest absolute Gasteiger partial charge is 0.395 e. The zero-order valence-corrected chi connectivity index (χ0v) is 14.8. The van der Waals surface area contributed by atoms with Gasteiger partial charge in [-0.3, -0.25) is 9.80 Å². The van der Waals surface area contributed by atoms with E-state index in [9.17, 15) is 5.11 Å². The summed E-state index contributed by atoms with van der Waals surface area (Å²) in [5.41, 5.74) is 2.55. The van der Waals surface area contributed by atoms with E-state index in [4.69, 9.17) is 4.74 Å². The first-order chi connectivity index (χ1) is 12.3. The highest BCUT2D eigenvalue weighted by Gasteiger charge is 2.26. The van der Waals surface area contributed by atoms with Crippen LogP contribution in [0.3, 0.4) is 0 Å². The molecule has 0 aliphatic carbocycles. The number of ether oxygens (including phenoxy) is 1. The van der Waals surface area contributed by atoms with Gasteiger partial charge in [0.2, 0.25) is 0 Å². The summed E-state index contributed by atoms with van der Waals surface area (Å²) in [6, 6.07) is 21.2. The van der Waals surface area contributed by atoms with Gasteiger partial charge in [-0.15, -0.1) is 0 Å². The number of benzene rings is 2. The van der Waals surface area contributed by atoms with E-state index < -0.39 is 0 Å². The Hall–Kier alpha value is -1.72. The van der Waals surface area contributed by atoms with Crippen molar-refractivity contribution in [2.75, 3.05) is 39.4 Å². The van der Waals surface area contributed by atoms with E-state index >= 15 is 0 Å². The Labute approximate surface area is 150 Å². The summed E-state index contributed by atoms with van der Waals surface area (Å²) < 4.78 is 5.98. The van der Waals surface area contributed by atoms with E-state index in [2.05, 4.69) is 52.3 Å². The van der Waals surface area contributed by atoms with Gasteiger partial charge in [0.05, 0.1) is 19.8 Å². The molecule has 1 aliphatic heterocycles. The zero-order valence-electron chi connectivity index (χ0n) is 14.8. The Kier molecular flexibility index (Phi) is 7.00. The van der Waals surface area contributed by atoms with Gasteiger partial charge in [0.25, 0.3) is 0 Å².